The van der Waals surface area contributed by atoms with Crippen LogP contribution >= 0.6 is 11.3 Å². The lowest BCUT2D eigenvalue weighted by atomic mass is 9.97. The van der Waals surface area contributed by atoms with Crippen molar-refractivity contribution in [3.05, 3.63) is 64.1 Å². The van der Waals surface area contributed by atoms with E-state index in [1.807, 2.05) is 4.90 Å². The van der Waals surface area contributed by atoms with Gasteiger partial charge in [0.2, 0.25) is 5.01 Å². The Morgan fingerprint density at radius 3 is 2.12 bits per heavy atom. The first-order valence-electron chi connectivity index (χ1n) is 10.3. The molecule has 1 N–H and O–H groups in total. The number of hydrogen-bond acceptors (Lipinski definition) is 7. The van der Waals surface area contributed by atoms with Crippen molar-refractivity contribution < 1.29 is 19.1 Å². The summed E-state index contributed by atoms with van der Waals surface area (Å²) in [6, 6.07) is 14.3. The van der Waals surface area contributed by atoms with Gasteiger partial charge in [-0.1, -0.05) is 11.3 Å². The molecule has 166 valence electrons. The molecule has 1 saturated heterocycles. The van der Waals surface area contributed by atoms with Crippen LogP contribution in [0.1, 0.15) is 43.9 Å². The minimum atomic E-state index is -0.286. The number of aromatic nitrogens is 2. The summed E-state index contributed by atoms with van der Waals surface area (Å²) in [4.78, 5) is 27.1. The van der Waals surface area contributed by atoms with Gasteiger partial charge >= 0.3 is 0 Å². The van der Waals surface area contributed by atoms with Gasteiger partial charge in [-0.15, -0.1) is 10.2 Å². The number of nitrogens with zero attached hydrogens (tertiary/aromatic N) is 3. The van der Waals surface area contributed by atoms with Gasteiger partial charge < -0.3 is 19.7 Å². The fraction of sp³-hybridized carbons (Fsp3) is 0.304. The second-order valence-electron chi connectivity index (χ2n) is 7.42. The molecule has 0 spiro atoms. The summed E-state index contributed by atoms with van der Waals surface area (Å²) in [6.45, 7) is 1.28. The van der Waals surface area contributed by atoms with Crippen LogP contribution in [-0.4, -0.2) is 54.2 Å². The number of carbonyl (C=O) groups excluding carboxylic acids is 2. The Labute approximate surface area is 190 Å². The van der Waals surface area contributed by atoms with Crippen molar-refractivity contribution in [1.82, 2.24) is 15.1 Å². The fourth-order valence-corrected chi connectivity index (χ4v) is 4.50. The highest BCUT2D eigenvalue weighted by molar-refractivity contribution is 7.13. The van der Waals surface area contributed by atoms with Crippen molar-refractivity contribution in [2.45, 2.75) is 18.8 Å². The van der Waals surface area contributed by atoms with Gasteiger partial charge in [-0.3, -0.25) is 9.59 Å². The average Bonchev–Trinajstić information content (AvgIpc) is 3.35. The van der Waals surface area contributed by atoms with Crippen LogP contribution in [0.2, 0.25) is 0 Å². The number of anilines is 1. The third-order valence-electron chi connectivity index (χ3n) is 5.45. The lowest BCUT2D eigenvalue weighted by Gasteiger charge is -2.31. The summed E-state index contributed by atoms with van der Waals surface area (Å²) in [6.07, 6.45) is 1.58. The van der Waals surface area contributed by atoms with Crippen molar-refractivity contribution >= 4 is 28.8 Å². The zero-order chi connectivity index (χ0) is 22.5. The molecule has 0 atom stereocenters. The van der Waals surface area contributed by atoms with E-state index in [1.165, 1.54) is 11.3 Å². The first-order chi connectivity index (χ1) is 15.6. The maximum atomic E-state index is 12.7. The summed E-state index contributed by atoms with van der Waals surface area (Å²) >= 11 is 1.31. The van der Waals surface area contributed by atoms with E-state index in [2.05, 4.69) is 15.5 Å². The molecule has 1 fully saturated rings. The van der Waals surface area contributed by atoms with E-state index in [9.17, 15) is 9.59 Å². The summed E-state index contributed by atoms with van der Waals surface area (Å²) < 4.78 is 10.3. The van der Waals surface area contributed by atoms with Crippen molar-refractivity contribution in [2.75, 3.05) is 32.6 Å². The third-order valence-corrected chi connectivity index (χ3v) is 6.54. The Balaban J connectivity index is 1.33. The number of carbonyl (C=O) groups is 2. The van der Waals surface area contributed by atoms with E-state index in [0.29, 0.717) is 29.3 Å². The highest BCUT2D eigenvalue weighted by Gasteiger charge is 2.27. The van der Waals surface area contributed by atoms with Crippen LogP contribution in [0.3, 0.4) is 0 Å². The summed E-state index contributed by atoms with van der Waals surface area (Å²) in [5.41, 5.74) is 1.32. The molecule has 0 bridgehead atoms. The molecule has 8 nitrogen and oxygen atoms in total. The molecule has 3 aromatic rings. The molecule has 2 aromatic carbocycles. The van der Waals surface area contributed by atoms with Gasteiger partial charge in [0.05, 0.1) is 14.2 Å². The number of hydrogen-bond donors (Lipinski definition) is 1. The summed E-state index contributed by atoms with van der Waals surface area (Å²) in [5, 5.41) is 12.3. The summed E-state index contributed by atoms with van der Waals surface area (Å²) in [7, 11) is 3.19. The predicted molar refractivity (Wildman–Crippen MR) is 122 cm³/mol. The first kappa shape index (κ1) is 21.8. The smallest absolute Gasteiger partial charge is 0.286 e. The molecule has 0 aliphatic carbocycles. The van der Waals surface area contributed by atoms with E-state index < -0.39 is 0 Å². The second kappa shape index (κ2) is 9.78. The van der Waals surface area contributed by atoms with Crippen LogP contribution < -0.4 is 14.8 Å². The predicted octanol–water partition coefficient (Wildman–Crippen LogP) is 3.83. The van der Waals surface area contributed by atoms with Crippen LogP contribution in [-0.2, 0) is 0 Å². The Morgan fingerprint density at radius 1 is 0.938 bits per heavy atom. The number of piperidine rings is 1. The highest BCUT2D eigenvalue weighted by Crippen LogP contribution is 2.31. The standard InChI is InChI=1S/C23H24N4O4S/c1-30-18-7-3-16(4-8-18)23(29)27-13-11-15(12-14-27)21-25-26-22(32-21)20(28)24-17-5-9-19(31-2)10-6-17/h3-10,15H,11-14H2,1-2H3,(H,24,28). The molecule has 9 heteroatoms. The minimum Gasteiger partial charge on any atom is -0.497 e. The molecule has 1 aliphatic heterocycles. The average molecular weight is 453 g/mol. The van der Waals surface area contributed by atoms with Crippen molar-refractivity contribution in [1.29, 1.82) is 0 Å². The van der Waals surface area contributed by atoms with Gasteiger partial charge in [0, 0.05) is 30.3 Å². The largest absolute Gasteiger partial charge is 0.497 e. The molecule has 2 heterocycles. The van der Waals surface area contributed by atoms with E-state index in [0.717, 1.165) is 29.3 Å². The highest BCUT2D eigenvalue weighted by atomic mass is 32.1. The van der Waals surface area contributed by atoms with Crippen molar-refractivity contribution in [2.24, 2.45) is 0 Å². The van der Waals surface area contributed by atoms with Gasteiger partial charge in [-0.05, 0) is 61.4 Å². The number of amides is 2. The van der Waals surface area contributed by atoms with E-state index in [1.54, 1.807) is 62.8 Å². The minimum absolute atomic E-state index is 0.0166. The Morgan fingerprint density at radius 2 is 1.53 bits per heavy atom. The van der Waals surface area contributed by atoms with Gasteiger partial charge in [-0.2, -0.15) is 0 Å². The van der Waals surface area contributed by atoms with Gasteiger partial charge in [0.15, 0.2) is 0 Å². The SMILES string of the molecule is COc1ccc(NC(=O)c2nnc(C3CCN(C(=O)c4ccc(OC)cc4)CC3)s2)cc1. The van der Waals surface area contributed by atoms with Gasteiger partial charge in [0.25, 0.3) is 11.8 Å². The molecule has 0 radical (unpaired) electrons. The quantitative estimate of drug-likeness (QED) is 0.611. The molecular formula is C23H24N4O4S. The number of benzene rings is 2. The number of ether oxygens (including phenoxy) is 2. The number of rotatable bonds is 6. The number of nitrogens with one attached hydrogen (secondary N) is 1. The molecular weight excluding hydrogens is 428 g/mol. The van der Waals surface area contributed by atoms with Crippen LogP contribution in [0.25, 0.3) is 0 Å². The lowest BCUT2D eigenvalue weighted by Crippen LogP contribution is -2.37. The zero-order valence-electron chi connectivity index (χ0n) is 17.9. The molecule has 4 rings (SSSR count). The molecule has 0 unspecified atom stereocenters. The van der Waals surface area contributed by atoms with Crippen molar-refractivity contribution in [3.63, 3.8) is 0 Å². The molecule has 1 aliphatic rings. The topological polar surface area (TPSA) is 93.6 Å². The number of likely N-dealkylation sites (tertiary alicyclic amines) is 1. The van der Waals surface area contributed by atoms with E-state index >= 15 is 0 Å². The van der Waals surface area contributed by atoms with Crippen LogP contribution in [0, 0.1) is 0 Å². The van der Waals surface area contributed by atoms with Crippen LogP contribution in [0.4, 0.5) is 5.69 Å². The van der Waals surface area contributed by atoms with Crippen molar-refractivity contribution in [3.8, 4) is 11.5 Å². The number of methoxy groups -OCH3 is 2. The van der Waals surface area contributed by atoms with Gasteiger partial charge in [0.1, 0.15) is 16.5 Å². The van der Waals surface area contributed by atoms with E-state index in [4.69, 9.17) is 9.47 Å². The zero-order valence-corrected chi connectivity index (χ0v) is 18.7. The maximum Gasteiger partial charge on any atom is 0.286 e. The van der Waals surface area contributed by atoms with Gasteiger partial charge in [-0.25, -0.2) is 0 Å². The maximum absolute atomic E-state index is 12.7. The third kappa shape index (κ3) is 4.88. The van der Waals surface area contributed by atoms with Crippen LogP contribution in [0.15, 0.2) is 48.5 Å². The van der Waals surface area contributed by atoms with Crippen LogP contribution in [0.5, 0.6) is 11.5 Å². The first-order valence-corrected chi connectivity index (χ1v) is 11.1. The Hall–Kier alpha value is -3.46. The van der Waals surface area contributed by atoms with E-state index in [-0.39, 0.29) is 17.7 Å². The Bertz CT molecular complexity index is 1070. The normalized spacial score (nSPS) is 14.1. The molecule has 0 saturated carbocycles. The fourth-order valence-electron chi connectivity index (χ4n) is 3.60. The summed E-state index contributed by atoms with van der Waals surface area (Å²) in [5.74, 6) is 1.37. The molecule has 2 amide bonds. The molecule has 1 aromatic heterocycles. The lowest BCUT2D eigenvalue weighted by molar-refractivity contribution is 0.0712. The monoisotopic (exact) mass is 452 g/mol. The Kier molecular flexibility index (Phi) is 6.65. The molecule has 32 heavy (non-hydrogen) atoms. The second-order valence-corrected chi connectivity index (χ2v) is 8.43.